The van der Waals surface area contributed by atoms with E-state index in [1.807, 2.05) is 11.6 Å². The molecule has 2 aromatic rings. The second-order valence-corrected chi connectivity index (χ2v) is 4.20. The molecule has 0 aliphatic rings. The summed E-state index contributed by atoms with van der Waals surface area (Å²) in [5.74, 6) is -1.03. The largest absolute Gasteiger partial charge is 0.478 e. The third kappa shape index (κ3) is 1.71. The number of carbonyl (C=O) groups is 2. The fourth-order valence-electron chi connectivity index (χ4n) is 2.04. The molecule has 1 aromatic heterocycles. The van der Waals surface area contributed by atoms with Gasteiger partial charge in [-0.05, 0) is 31.5 Å². The van der Waals surface area contributed by atoms with E-state index in [1.165, 1.54) is 6.92 Å². The molecule has 0 amide bonds. The maximum atomic E-state index is 11.5. The van der Waals surface area contributed by atoms with Crippen molar-refractivity contribution in [3.05, 3.63) is 35.0 Å². The van der Waals surface area contributed by atoms with Gasteiger partial charge >= 0.3 is 5.97 Å². The number of aryl methyl sites for hydroxylation is 2. The Morgan fingerprint density at radius 3 is 2.41 bits per heavy atom. The van der Waals surface area contributed by atoms with Crippen LogP contribution in [0.4, 0.5) is 0 Å². The van der Waals surface area contributed by atoms with Crippen LogP contribution in [0.5, 0.6) is 0 Å². The Hall–Kier alpha value is -2.10. The number of rotatable bonds is 2. The predicted octanol–water partition coefficient (Wildman–Crippen LogP) is 2.39. The van der Waals surface area contributed by atoms with Crippen LogP contribution in [0.2, 0.25) is 0 Å². The molecule has 0 bridgehead atoms. The van der Waals surface area contributed by atoms with Gasteiger partial charge in [-0.1, -0.05) is 0 Å². The molecule has 0 aliphatic carbocycles. The number of aromatic nitrogens is 1. The quantitative estimate of drug-likeness (QED) is 0.807. The van der Waals surface area contributed by atoms with Crippen LogP contribution in [0.25, 0.3) is 10.9 Å². The second-order valence-electron chi connectivity index (χ2n) is 4.20. The molecule has 88 valence electrons. The van der Waals surface area contributed by atoms with E-state index in [1.54, 1.807) is 25.3 Å². The van der Waals surface area contributed by atoms with Crippen LogP contribution < -0.4 is 0 Å². The molecule has 17 heavy (non-hydrogen) atoms. The minimum Gasteiger partial charge on any atom is -0.478 e. The highest BCUT2D eigenvalue weighted by Gasteiger charge is 2.15. The van der Waals surface area contributed by atoms with E-state index in [-0.39, 0.29) is 11.3 Å². The predicted molar refractivity (Wildman–Crippen MR) is 64.6 cm³/mol. The molecule has 4 heteroatoms. The number of carbonyl (C=O) groups excluding carboxylic acids is 1. The van der Waals surface area contributed by atoms with Crippen molar-refractivity contribution in [2.75, 3.05) is 0 Å². The number of hydrogen-bond donors (Lipinski definition) is 1. The SMILES string of the molecule is CC(=O)c1cn(C)c2cc(C)c(C(=O)O)cc12. The van der Waals surface area contributed by atoms with Gasteiger partial charge in [0, 0.05) is 29.7 Å². The average Bonchev–Trinajstić information content (AvgIpc) is 2.55. The Bertz CT molecular complexity index is 638. The number of carboxylic acid groups (broad SMARTS) is 1. The number of ketones is 1. The molecule has 0 atom stereocenters. The molecule has 0 saturated heterocycles. The first-order valence-corrected chi connectivity index (χ1v) is 5.25. The lowest BCUT2D eigenvalue weighted by molar-refractivity contribution is 0.0696. The molecular weight excluding hydrogens is 218 g/mol. The topological polar surface area (TPSA) is 59.3 Å². The summed E-state index contributed by atoms with van der Waals surface area (Å²) in [5, 5.41) is 9.77. The van der Waals surface area contributed by atoms with Gasteiger partial charge in [0.15, 0.2) is 5.78 Å². The van der Waals surface area contributed by atoms with Crippen molar-refractivity contribution >= 4 is 22.7 Å². The Labute approximate surface area is 98.5 Å². The highest BCUT2D eigenvalue weighted by molar-refractivity contribution is 6.08. The van der Waals surface area contributed by atoms with E-state index in [0.29, 0.717) is 16.5 Å². The van der Waals surface area contributed by atoms with Crippen LogP contribution in [-0.4, -0.2) is 21.4 Å². The first kappa shape index (κ1) is 11.4. The Balaban J connectivity index is 2.86. The number of fused-ring (bicyclic) bond motifs is 1. The van der Waals surface area contributed by atoms with E-state index in [4.69, 9.17) is 5.11 Å². The van der Waals surface area contributed by atoms with Crippen LogP contribution in [-0.2, 0) is 7.05 Å². The molecule has 0 spiro atoms. The molecular formula is C13H13NO3. The zero-order valence-electron chi connectivity index (χ0n) is 9.94. The van der Waals surface area contributed by atoms with Crippen molar-refractivity contribution < 1.29 is 14.7 Å². The number of aromatic carboxylic acids is 1. The monoisotopic (exact) mass is 231 g/mol. The molecule has 2 rings (SSSR count). The molecule has 1 heterocycles. The number of hydrogen-bond acceptors (Lipinski definition) is 2. The molecule has 0 radical (unpaired) electrons. The van der Waals surface area contributed by atoms with Gasteiger partial charge in [0.2, 0.25) is 0 Å². The third-order valence-corrected chi connectivity index (χ3v) is 2.95. The van der Waals surface area contributed by atoms with Gasteiger partial charge in [-0.2, -0.15) is 0 Å². The van der Waals surface area contributed by atoms with Gasteiger partial charge in [-0.15, -0.1) is 0 Å². The normalized spacial score (nSPS) is 10.8. The number of benzene rings is 1. The van der Waals surface area contributed by atoms with E-state index in [2.05, 4.69) is 0 Å². The molecule has 1 N–H and O–H groups in total. The van der Waals surface area contributed by atoms with E-state index in [0.717, 1.165) is 5.52 Å². The van der Waals surface area contributed by atoms with E-state index in [9.17, 15) is 9.59 Å². The van der Waals surface area contributed by atoms with Gasteiger partial charge in [-0.3, -0.25) is 4.79 Å². The maximum Gasteiger partial charge on any atom is 0.335 e. The van der Waals surface area contributed by atoms with Crippen molar-refractivity contribution in [3.8, 4) is 0 Å². The lowest BCUT2D eigenvalue weighted by Gasteiger charge is -2.03. The summed E-state index contributed by atoms with van der Waals surface area (Å²) >= 11 is 0. The highest BCUT2D eigenvalue weighted by atomic mass is 16.4. The standard InChI is InChI=1S/C13H13NO3/c1-7-4-12-10(5-9(7)13(16)17)11(8(2)15)6-14(12)3/h4-6H,1-3H3,(H,16,17). The molecule has 0 aliphatic heterocycles. The molecule has 0 fully saturated rings. The maximum absolute atomic E-state index is 11.5. The first-order valence-electron chi connectivity index (χ1n) is 5.25. The Kier molecular flexibility index (Phi) is 2.50. The minimum atomic E-state index is -0.970. The van der Waals surface area contributed by atoms with E-state index >= 15 is 0 Å². The third-order valence-electron chi connectivity index (χ3n) is 2.95. The average molecular weight is 231 g/mol. The fraction of sp³-hybridized carbons (Fsp3) is 0.231. The summed E-state index contributed by atoms with van der Waals surface area (Å²) in [6.45, 7) is 3.23. The van der Waals surface area contributed by atoms with Crippen LogP contribution >= 0.6 is 0 Å². The Morgan fingerprint density at radius 1 is 1.24 bits per heavy atom. The number of Topliss-reactive ketones (excluding diaryl/α,β-unsaturated/α-hetero) is 1. The zero-order valence-corrected chi connectivity index (χ0v) is 9.94. The molecule has 4 nitrogen and oxygen atoms in total. The lowest BCUT2D eigenvalue weighted by Crippen LogP contribution is -2.00. The van der Waals surface area contributed by atoms with Gasteiger partial charge in [0.25, 0.3) is 0 Å². The van der Waals surface area contributed by atoms with Crippen LogP contribution in [0.3, 0.4) is 0 Å². The van der Waals surface area contributed by atoms with Gasteiger partial charge in [-0.25, -0.2) is 4.79 Å². The summed E-state index contributed by atoms with van der Waals surface area (Å²) in [5.41, 5.74) is 2.37. The highest BCUT2D eigenvalue weighted by Crippen LogP contribution is 2.25. The first-order chi connectivity index (χ1) is 7.91. The fourth-order valence-corrected chi connectivity index (χ4v) is 2.04. The summed E-state index contributed by atoms with van der Waals surface area (Å²) in [7, 11) is 1.84. The van der Waals surface area contributed by atoms with Crippen molar-refractivity contribution in [1.82, 2.24) is 4.57 Å². The number of nitrogens with zero attached hydrogens (tertiary/aromatic N) is 1. The zero-order chi connectivity index (χ0) is 12.7. The van der Waals surface area contributed by atoms with Crippen molar-refractivity contribution in [3.63, 3.8) is 0 Å². The smallest absolute Gasteiger partial charge is 0.335 e. The van der Waals surface area contributed by atoms with Crippen molar-refractivity contribution in [1.29, 1.82) is 0 Å². The van der Waals surface area contributed by atoms with Gasteiger partial charge in [0.1, 0.15) is 0 Å². The minimum absolute atomic E-state index is 0.0595. The molecule has 0 saturated carbocycles. The van der Waals surface area contributed by atoms with E-state index < -0.39 is 5.97 Å². The van der Waals surface area contributed by atoms with Gasteiger partial charge in [0.05, 0.1) is 5.56 Å². The van der Waals surface area contributed by atoms with Crippen molar-refractivity contribution in [2.24, 2.45) is 7.05 Å². The van der Waals surface area contributed by atoms with Crippen LogP contribution in [0.1, 0.15) is 33.2 Å². The van der Waals surface area contributed by atoms with Crippen molar-refractivity contribution in [2.45, 2.75) is 13.8 Å². The second kappa shape index (κ2) is 3.73. The lowest BCUT2D eigenvalue weighted by atomic mass is 10.0. The van der Waals surface area contributed by atoms with Crippen LogP contribution in [0, 0.1) is 6.92 Å². The summed E-state index contributed by atoms with van der Waals surface area (Å²) in [6, 6.07) is 3.37. The summed E-state index contributed by atoms with van der Waals surface area (Å²) in [4.78, 5) is 22.5. The molecule has 1 aromatic carbocycles. The van der Waals surface area contributed by atoms with Gasteiger partial charge < -0.3 is 9.67 Å². The van der Waals surface area contributed by atoms with Crippen LogP contribution in [0.15, 0.2) is 18.3 Å². The summed E-state index contributed by atoms with van der Waals surface area (Å²) < 4.78 is 1.84. The Morgan fingerprint density at radius 2 is 1.88 bits per heavy atom. The summed E-state index contributed by atoms with van der Waals surface area (Å²) in [6.07, 6.45) is 1.73. The molecule has 0 unspecified atom stereocenters. The number of carboxylic acids is 1.